The van der Waals surface area contributed by atoms with E-state index in [0.717, 1.165) is 11.3 Å². The van der Waals surface area contributed by atoms with Crippen molar-refractivity contribution in [3.63, 3.8) is 0 Å². The highest BCUT2D eigenvalue weighted by Crippen LogP contribution is 2.27. The molecule has 1 aliphatic heterocycles. The molecule has 7 heteroatoms. The standard InChI is InChI=1S/C21H26N2O3S2/c1-15-12-16(2)14-23(13-15)28(25,26)20-10-4-17(5-11-20)21(24)22-18-6-8-19(27-3)9-7-18/h4-11,15-16H,12-14H2,1-3H3,(H,22,24)/t15-,16-/m0/s1. The lowest BCUT2D eigenvalue weighted by molar-refractivity contribution is 0.102. The van der Waals surface area contributed by atoms with Crippen LogP contribution in [0.5, 0.6) is 0 Å². The Hall–Kier alpha value is -1.83. The molecule has 0 spiro atoms. The maximum atomic E-state index is 12.9. The van der Waals surface area contributed by atoms with Crippen LogP contribution in [0.3, 0.4) is 0 Å². The zero-order valence-corrected chi connectivity index (χ0v) is 18.0. The van der Waals surface area contributed by atoms with Crippen LogP contribution in [0.4, 0.5) is 5.69 Å². The number of amides is 1. The molecule has 2 atom stereocenters. The molecule has 1 amide bonds. The van der Waals surface area contributed by atoms with Gasteiger partial charge in [-0.1, -0.05) is 13.8 Å². The van der Waals surface area contributed by atoms with Gasteiger partial charge >= 0.3 is 0 Å². The number of anilines is 1. The van der Waals surface area contributed by atoms with Crippen LogP contribution in [0, 0.1) is 11.8 Å². The van der Waals surface area contributed by atoms with E-state index in [4.69, 9.17) is 0 Å². The zero-order valence-electron chi connectivity index (χ0n) is 16.4. The average Bonchev–Trinajstić information content (AvgIpc) is 2.68. The molecule has 0 aliphatic carbocycles. The molecule has 1 fully saturated rings. The van der Waals surface area contributed by atoms with Crippen molar-refractivity contribution in [2.24, 2.45) is 11.8 Å². The van der Waals surface area contributed by atoms with Crippen molar-refractivity contribution in [2.75, 3.05) is 24.7 Å². The molecule has 150 valence electrons. The first-order valence-corrected chi connectivity index (χ1v) is 12.0. The number of carbonyl (C=O) groups excluding carboxylic acids is 1. The van der Waals surface area contributed by atoms with E-state index in [9.17, 15) is 13.2 Å². The minimum atomic E-state index is -3.54. The number of thioether (sulfide) groups is 1. The molecule has 0 radical (unpaired) electrons. The lowest BCUT2D eigenvalue weighted by atomic mass is 9.94. The fourth-order valence-corrected chi connectivity index (χ4v) is 5.69. The van der Waals surface area contributed by atoms with Gasteiger partial charge in [-0.2, -0.15) is 4.31 Å². The second-order valence-corrected chi connectivity index (χ2v) is 10.3. The van der Waals surface area contributed by atoms with Crippen molar-refractivity contribution in [1.82, 2.24) is 4.31 Å². The van der Waals surface area contributed by atoms with E-state index in [0.29, 0.717) is 36.2 Å². The highest BCUT2D eigenvalue weighted by molar-refractivity contribution is 7.98. The molecule has 1 saturated heterocycles. The van der Waals surface area contributed by atoms with Crippen LogP contribution >= 0.6 is 11.8 Å². The fourth-order valence-electron chi connectivity index (χ4n) is 3.61. The van der Waals surface area contributed by atoms with E-state index < -0.39 is 10.0 Å². The Morgan fingerprint density at radius 1 is 1.00 bits per heavy atom. The van der Waals surface area contributed by atoms with Crippen LogP contribution in [0.15, 0.2) is 58.3 Å². The van der Waals surface area contributed by atoms with Crippen LogP contribution in [0.1, 0.15) is 30.6 Å². The summed E-state index contributed by atoms with van der Waals surface area (Å²) in [5.41, 5.74) is 1.13. The van der Waals surface area contributed by atoms with E-state index in [-0.39, 0.29) is 10.8 Å². The molecule has 0 bridgehead atoms. The minimum absolute atomic E-state index is 0.231. The molecule has 28 heavy (non-hydrogen) atoms. The Balaban J connectivity index is 1.72. The summed E-state index contributed by atoms with van der Waals surface area (Å²) < 4.78 is 27.4. The first-order valence-electron chi connectivity index (χ1n) is 9.35. The molecule has 0 saturated carbocycles. The van der Waals surface area contributed by atoms with Gasteiger partial charge in [-0.25, -0.2) is 8.42 Å². The Labute approximate surface area is 171 Å². The summed E-state index contributed by atoms with van der Waals surface area (Å²) in [4.78, 5) is 13.8. The molecular formula is C21H26N2O3S2. The monoisotopic (exact) mass is 418 g/mol. The third kappa shape index (κ3) is 4.77. The van der Waals surface area contributed by atoms with Gasteiger partial charge < -0.3 is 5.32 Å². The van der Waals surface area contributed by atoms with Gasteiger partial charge in [-0.15, -0.1) is 11.8 Å². The van der Waals surface area contributed by atoms with E-state index >= 15 is 0 Å². The third-order valence-electron chi connectivity index (χ3n) is 4.94. The van der Waals surface area contributed by atoms with Gasteiger partial charge in [0.1, 0.15) is 0 Å². The lowest BCUT2D eigenvalue weighted by Gasteiger charge is -2.34. The Kier molecular flexibility index (Phi) is 6.47. The van der Waals surface area contributed by atoms with Crippen LogP contribution < -0.4 is 5.32 Å². The van der Waals surface area contributed by atoms with Crippen molar-refractivity contribution in [1.29, 1.82) is 0 Å². The van der Waals surface area contributed by atoms with Crippen LogP contribution in [0.2, 0.25) is 0 Å². The molecule has 5 nitrogen and oxygen atoms in total. The number of carbonyl (C=O) groups is 1. The number of piperidine rings is 1. The Bertz CT molecular complexity index is 915. The second-order valence-electron chi connectivity index (χ2n) is 7.48. The van der Waals surface area contributed by atoms with Gasteiger partial charge in [0.15, 0.2) is 0 Å². The first-order chi connectivity index (χ1) is 13.3. The zero-order chi connectivity index (χ0) is 20.3. The maximum absolute atomic E-state index is 12.9. The summed E-state index contributed by atoms with van der Waals surface area (Å²) in [6.45, 7) is 5.25. The lowest BCUT2D eigenvalue weighted by Crippen LogP contribution is -2.42. The third-order valence-corrected chi connectivity index (χ3v) is 7.53. The molecule has 2 aromatic rings. The molecule has 1 aliphatic rings. The normalized spacial score (nSPS) is 20.7. The maximum Gasteiger partial charge on any atom is 0.255 e. The van der Waals surface area contributed by atoms with Crippen LogP contribution in [0.25, 0.3) is 0 Å². The number of rotatable bonds is 5. The predicted octanol–water partition coefficient (Wildman–Crippen LogP) is 4.33. The molecule has 1 N–H and O–H groups in total. The molecular weight excluding hydrogens is 392 g/mol. The number of hydrogen-bond donors (Lipinski definition) is 1. The van der Waals surface area contributed by atoms with Gasteiger partial charge in [0.25, 0.3) is 5.91 Å². The largest absolute Gasteiger partial charge is 0.322 e. The first kappa shape index (κ1) is 20.9. The smallest absolute Gasteiger partial charge is 0.255 e. The van der Waals surface area contributed by atoms with Crippen molar-refractivity contribution < 1.29 is 13.2 Å². The van der Waals surface area contributed by atoms with E-state index in [1.807, 2.05) is 30.5 Å². The van der Waals surface area contributed by atoms with Crippen LogP contribution in [-0.4, -0.2) is 38.0 Å². The van der Waals surface area contributed by atoms with Crippen molar-refractivity contribution in [2.45, 2.75) is 30.1 Å². The molecule has 3 rings (SSSR count). The highest BCUT2D eigenvalue weighted by Gasteiger charge is 2.31. The van der Waals surface area contributed by atoms with Crippen LogP contribution in [-0.2, 0) is 10.0 Å². The van der Waals surface area contributed by atoms with Crippen molar-refractivity contribution >= 4 is 33.4 Å². The number of nitrogens with zero attached hydrogens (tertiary/aromatic N) is 1. The Morgan fingerprint density at radius 2 is 1.57 bits per heavy atom. The SMILES string of the molecule is CSc1ccc(NC(=O)c2ccc(S(=O)(=O)N3C[C@@H](C)C[C@H](C)C3)cc2)cc1. The molecule has 0 aromatic heterocycles. The van der Waals surface area contributed by atoms with E-state index in [1.54, 1.807) is 28.2 Å². The van der Waals surface area contributed by atoms with E-state index in [1.165, 1.54) is 12.1 Å². The minimum Gasteiger partial charge on any atom is -0.322 e. The number of benzene rings is 2. The quantitative estimate of drug-likeness (QED) is 0.734. The second kappa shape index (κ2) is 8.68. The van der Waals surface area contributed by atoms with Gasteiger partial charge in [-0.3, -0.25) is 4.79 Å². The Morgan fingerprint density at radius 3 is 2.11 bits per heavy atom. The summed E-state index contributed by atoms with van der Waals surface area (Å²) in [7, 11) is -3.54. The van der Waals surface area contributed by atoms with E-state index in [2.05, 4.69) is 19.2 Å². The van der Waals surface area contributed by atoms with Gasteiger partial charge in [0, 0.05) is 29.2 Å². The topological polar surface area (TPSA) is 66.5 Å². The highest BCUT2D eigenvalue weighted by atomic mass is 32.2. The molecule has 1 heterocycles. The van der Waals surface area contributed by atoms with Gasteiger partial charge in [-0.05, 0) is 73.0 Å². The number of nitrogens with one attached hydrogen (secondary N) is 1. The number of hydrogen-bond acceptors (Lipinski definition) is 4. The summed E-state index contributed by atoms with van der Waals surface area (Å²) in [5.74, 6) is 0.434. The van der Waals surface area contributed by atoms with Gasteiger partial charge in [0.05, 0.1) is 4.90 Å². The van der Waals surface area contributed by atoms with Crippen molar-refractivity contribution in [3.8, 4) is 0 Å². The predicted molar refractivity (Wildman–Crippen MR) is 114 cm³/mol. The average molecular weight is 419 g/mol. The number of sulfonamides is 1. The summed E-state index contributed by atoms with van der Waals surface area (Å²) in [6.07, 6.45) is 3.04. The summed E-state index contributed by atoms with van der Waals surface area (Å²) in [5, 5.41) is 2.83. The van der Waals surface area contributed by atoms with Crippen molar-refractivity contribution in [3.05, 3.63) is 54.1 Å². The fraction of sp³-hybridized carbons (Fsp3) is 0.381. The summed E-state index contributed by atoms with van der Waals surface area (Å²) in [6, 6.07) is 13.7. The van der Waals surface area contributed by atoms with Gasteiger partial charge in [0.2, 0.25) is 10.0 Å². The molecule has 0 unspecified atom stereocenters. The molecule has 2 aromatic carbocycles. The summed E-state index contributed by atoms with van der Waals surface area (Å²) >= 11 is 1.63.